The van der Waals surface area contributed by atoms with Crippen molar-refractivity contribution >= 4 is 11.4 Å². The molecule has 0 bridgehead atoms. The number of nitrogens with zero attached hydrogens (tertiary/aromatic N) is 1. The van der Waals surface area contributed by atoms with Crippen molar-refractivity contribution in [3.63, 3.8) is 0 Å². The summed E-state index contributed by atoms with van der Waals surface area (Å²) in [4.78, 5) is 2.57. The summed E-state index contributed by atoms with van der Waals surface area (Å²) in [7, 11) is 0. The van der Waals surface area contributed by atoms with E-state index in [0.717, 1.165) is 26.1 Å². The van der Waals surface area contributed by atoms with Gasteiger partial charge in [-0.15, -0.1) is 4.72 Å². The van der Waals surface area contributed by atoms with Gasteiger partial charge in [0.15, 0.2) is 0 Å². The van der Waals surface area contributed by atoms with E-state index in [1.54, 1.807) is 0 Å². The van der Waals surface area contributed by atoms with Crippen molar-refractivity contribution in [3.05, 3.63) is 41.3 Å². The molecule has 1 aromatic rings. The number of fused-ring (bicyclic) bond motifs is 1. The normalized spacial score (nSPS) is 24.7. The van der Waals surface area contributed by atoms with Gasteiger partial charge in [0.2, 0.25) is 0 Å². The van der Waals surface area contributed by atoms with Gasteiger partial charge in [-0.2, -0.15) is 0 Å². The van der Waals surface area contributed by atoms with Crippen molar-refractivity contribution < 1.29 is 4.55 Å². The molecule has 2 aliphatic rings. The van der Waals surface area contributed by atoms with Crippen LogP contribution in [0.25, 0.3) is 0 Å². The maximum absolute atomic E-state index is 12.9. The van der Waals surface area contributed by atoms with Crippen molar-refractivity contribution in [2.45, 2.75) is 64.7 Å². The fourth-order valence-electron chi connectivity index (χ4n) is 4.33. The minimum absolute atomic E-state index is 0.206. The summed E-state index contributed by atoms with van der Waals surface area (Å²) in [6.45, 7) is 14.0. The Morgan fingerprint density at radius 1 is 1.24 bits per heavy atom. The first-order chi connectivity index (χ1) is 11.7. The average Bonchev–Trinajstić information content (AvgIpc) is 2.82. The topological polar surface area (TPSA) is 38.3 Å². The minimum atomic E-state index is -1.05. The lowest BCUT2D eigenvalue weighted by Crippen LogP contribution is -2.50. The molecular formula is C21H33N2OS. The van der Waals surface area contributed by atoms with Crippen LogP contribution < -0.4 is 4.72 Å². The summed E-state index contributed by atoms with van der Waals surface area (Å²) in [6.07, 6.45) is 3.47. The number of hydrogen-bond acceptors (Lipinski definition) is 3. The summed E-state index contributed by atoms with van der Waals surface area (Å²) in [5.74, 6) is 1.48. The largest absolute Gasteiger partial charge is 0.598 e. The Labute approximate surface area is 156 Å². The molecule has 1 aliphatic heterocycles. The van der Waals surface area contributed by atoms with E-state index in [0.29, 0.717) is 0 Å². The van der Waals surface area contributed by atoms with Crippen molar-refractivity contribution in [2.24, 2.45) is 5.41 Å². The van der Waals surface area contributed by atoms with Gasteiger partial charge in [0.05, 0.1) is 6.04 Å². The Morgan fingerprint density at radius 2 is 1.88 bits per heavy atom. The predicted octanol–water partition coefficient (Wildman–Crippen LogP) is 4.03. The Kier molecular flexibility index (Phi) is 5.55. The van der Waals surface area contributed by atoms with Crippen molar-refractivity contribution in [1.29, 1.82) is 0 Å². The van der Waals surface area contributed by atoms with Crippen LogP contribution in [-0.4, -0.2) is 33.8 Å². The molecule has 2 atom stereocenters. The fraction of sp³-hybridized carbons (Fsp3) is 0.667. The zero-order chi connectivity index (χ0) is 18.2. The van der Waals surface area contributed by atoms with Crippen molar-refractivity contribution in [2.75, 3.05) is 19.6 Å². The van der Waals surface area contributed by atoms with Gasteiger partial charge < -0.3 is 9.45 Å². The van der Waals surface area contributed by atoms with E-state index in [1.807, 2.05) is 20.8 Å². The van der Waals surface area contributed by atoms with E-state index >= 15 is 0 Å². The molecule has 0 aromatic heterocycles. The van der Waals surface area contributed by atoms with E-state index in [-0.39, 0.29) is 16.2 Å². The van der Waals surface area contributed by atoms with Gasteiger partial charge >= 0.3 is 0 Å². The smallest absolute Gasteiger partial charge is 0.136 e. The Balaban J connectivity index is 1.81. The second-order valence-electron chi connectivity index (χ2n) is 9.15. The third kappa shape index (κ3) is 4.08. The molecule has 1 spiro atoms. The molecule has 0 unspecified atom stereocenters. The van der Waals surface area contributed by atoms with Crippen LogP contribution >= 0.6 is 0 Å². The van der Waals surface area contributed by atoms with Crippen LogP contribution in [0.2, 0.25) is 0 Å². The van der Waals surface area contributed by atoms with Crippen LogP contribution in [0.4, 0.5) is 0 Å². The highest BCUT2D eigenvalue weighted by Gasteiger charge is 2.50. The van der Waals surface area contributed by atoms with Crippen LogP contribution in [0, 0.1) is 11.3 Å². The standard InChI is InChI=1S/C21H33N2OS/c1-16(2)15-23-12-10-21(11-13-23)14-17-8-6-7-9-18(17)19(21)22-25(24)20(3,4)5/h6-9,19,22H,10-15H2,1-5H3/t19-,25-/m1/s1. The van der Waals surface area contributed by atoms with E-state index < -0.39 is 11.4 Å². The van der Waals surface area contributed by atoms with Crippen molar-refractivity contribution in [3.8, 4) is 0 Å². The lowest BCUT2D eigenvalue weighted by Gasteiger charge is -2.44. The first-order valence-corrected chi connectivity index (χ1v) is 10.6. The maximum atomic E-state index is 12.9. The Hall–Kier alpha value is -0.550. The molecule has 25 heavy (non-hydrogen) atoms. The first-order valence-electron chi connectivity index (χ1n) is 9.48. The summed E-state index contributed by atoms with van der Waals surface area (Å²) >= 11 is -1.05. The lowest BCUT2D eigenvalue weighted by molar-refractivity contribution is 0.0869. The maximum Gasteiger partial charge on any atom is 0.136 e. The monoisotopic (exact) mass is 361 g/mol. The van der Waals surface area contributed by atoms with E-state index in [2.05, 4.69) is 47.7 Å². The zero-order valence-corrected chi connectivity index (χ0v) is 17.2. The fourth-order valence-corrected chi connectivity index (χ4v) is 5.27. The second kappa shape index (κ2) is 7.22. The SMILES string of the molecule is C[C](C)CN1CCC2(CC1)Cc1ccccc1[C@H]2N[S@+]([O-])C(C)(C)C. The van der Waals surface area contributed by atoms with Gasteiger partial charge in [-0.3, -0.25) is 0 Å². The summed E-state index contributed by atoms with van der Waals surface area (Å²) in [5, 5.41) is 0. The number of rotatable bonds is 4. The zero-order valence-electron chi connectivity index (χ0n) is 16.4. The lowest BCUT2D eigenvalue weighted by atomic mass is 9.73. The van der Waals surface area contributed by atoms with Gasteiger partial charge in [0.25, 0.3) is 0 Å². The quantitative estimate of drug-likeness (QED) is 0.823. The molecule has 4 heteroatoms. The molecule has 3 rings (SSSR count). The van der Waals surface area contributed by atoms with Crippen LogP contribution in [0.1, 0.15) is 64.6 Å². The van der Waals surface area contributed by atoms with Gasteiger partial charge in [0, 0.05) is 23.3 Å². The number of piperidine rings is 1. The summed E-state index contributed by atoms with van der Waals surface area (Å²) < 4.78 is 16.1. The molecule has 1 heterocycles. The summed E-state index contributed by atoms with van der Waals surface area (Å²) in [6, 6.07) is 8.96. The highest BCUT2D eigenvalue weighted by atomic mass is 32.2. The number of hydrogen-bond donors (Lipinski definition) is 1. The van der Waals surface area contributed by atoms with E-state index in [1.165, 1.54) is 29.9 Å². The number of benzene rings is 1. The molecule has 1 N–H and O–H groups in total. The molecule has 1 saturated heterocycles. The van der Waals surface area contributed by atoms with Gasteiger partial charge in [0.1, 0.15) is 4.75 Å². The van der Waals surface area contributed by atoms with Crippen LogP contribution in [-0.2, 0) is 17.8 Å². The van der Waals surface area contributed by atoms with Crippen LogP contribution in [0.3, 0.4) is 0 Å². The Morgan fingerprint density at radius 3 is 2.48 bits per heavy atom. The van der Waals surface area contributed by atoms with Crippen LogP contribution in [0.15, 0.2) is 24.3 Å². The number of nitrogens with one attached hydrogen (secondary N) is 1. The Bertz CT molecular complexity index is 588. The molecule has 3 nitrogen and oxygen atoms in total. The first kappa shape index (κ1) is 19.2. The number of likely N-dealkylation sites (tertiary alicyclic amines) is 1. The molecule has 1 radical (unpaired) electrons. The van der Waals surface area contributed by atoms with Gasteiger partial charge in [-0.25, -0.2) is 0 Å². The second-order valence-corrected chi connectivity index (χ2v) is 11.2. The third-order valence-electron chi connectivity index (χ3n) is 5.69. The minimum Gasteiger partial charge on any atom is -0.598 e. The average molecular weight is 362 g/mol. The molecular weight excluding hydrogens is 328 g/mol. The van der Waals surface area contributed by atoms with E-state index in [4.69, 9.17) is 0 Å². The molecule has 1 aromatic carbocycles. The van der Waals surface area contributed by atoms with Gasteiger partial charge in [-0.05, 0) is 70.2 Å². The van der Waals surface area contributed by atoms with Gasteiger partial charge in [-0.1, -0.05) is 38.1 Å². The third-order valence-corrected chi connectivity index (χ3v) is 7.26. The predicted molar refractivity (Wildman–Crippen MR) is 107 cm³/mol. The molecule has 0 saturated carbocycles. The van der Waals surface area contributed by atoms with Crippen molar-refractivity contribution in [1.82, 2.24) is 9.62 Å². The molecule has 139 valence electrons. The summed E-state index contributed by atoms with van der Waals surface area (Å²) in [5.41, 5.74) is 3.02. The molecule has 1 aliphatic carbocycles. The highest BCUT2D eigenvalue weighted by Crippen LogP contribution is 2.52. The highest BCUT2D eigenvalue weighted by molar-refractivity contribution is 7.90. The molecule has 0 amide bonds. The molecule has 1 fully saturated rings. The van der Waals surface area contributed by atoms with Crippen LogP contribution in [0.5, 0.6) is 0 Å². The van der Waals surface area contributed by atoms with E-state index in [9.17, 15) is 4.55 Å².